The van der Waals surface area contributed by atoms with Crippen LogP contribution in [0.4, 0.5) is 10.1 Å². The van der Waals surface area contributed by atoms with Gasteiger partial charge in [-0.1, -0.05) is 12.1 Å². The molecule has 1 unspecified atom stereocenters. The molecule has 1 heterocycles. The predicted octanol–water partition coefficient (Wildman–Crippen LogP) is 2.69. The first-order valence-corrected chi connectivity index (χ1v) is 8.41. The zero-order valence-electron chi connectivity index (χ0n) is 14.7. The summed E-state index contributed by atoms with van der Waals surface area (Å²) in [5.74, 6) is -0.817. The van der Waals surface area contributed by atoms with Crippen molar-refractivity contribution in [3.8, 4) is 11.8 Å². The summed E-state index contributed by atoms with van der Waals surface area (Å²) in [5.41, 5.74) is 1.14. The van der Waals surface area contributed by atoms with Gasteiger partial charge < -0.3 is 15.0 Å². The number of carbonyl (C=O) groups is 2. The van der Waals surface area contributed by atoms with Gasteiger partial charge in [-0.3, -0.25) is 9.59 Å². The van der Waals surface area contributed by atoms with E-state index in [0.717, 1.165) is 17.4 Å². The molecule has 3 rings (SSSR count). The number of likely N-dealkylation sites (tertiary alicyclic amines) is 1. The second-order valence-electron chi connectivity index (χ2n) is 6.32. The monoisotopic (exact) mass is 367 g/mol. The molecule has 2 amide bonds. The molecule has 27 heavy (non-hydrogen) atoms. The molecule has 2 aromatic carbocycles. The van der Waals surface area contributed by atoms with Crippen LogP contribution in [0.1, 0.15) is 17.5 Å². The van der Waals surface area contributed by atoms with Gasteiger partial charge in [0.2, 0.25) is 11.8 Å². The largest absolute Gasteiger partial charge is 0.497 e. The van der Waals surface area contributed by atoms with E-state index >= 15 is 0 Å². The Hall–Kier alpha value is -3.40. The van der Waals surface area contributed by atoms with E-state index in [2.05, 4.69) is 5.32 Å². The fourth-order valence-corrected chi connectivity index (χ4v) is 2.98. The summed E-state index contributed by atoms with van der Waals surface area (Å²) in [4.78, 5) is 26.3. The zero-order valence-corrected chi connectivity index (χ0v) is 14.7. The fraction of sp³-hybridized carbons (Fsp3) is 0.250. The Morgan fingerprint density at radius 1 is 1.33 bits per heavy atom. The van der Waals surface area contributed by atoms with Crippen LogP contribution in [-0.2, 0) is 16.1 Å². The average Bonchev–Trinajstić information content (AvgIpc) is 3.04. The minimum absolute atomic E-state index is 0.0946. The highest BCUT2D eigenvalue weighted by atomic mass is 19.1. The van der Waals surface area contributed by atoms with E-state index in [0.29, 0.717) is 18.8 Å². The first-order chi connectivity index (χ1) is 13.0. The summed E-state index contributed by atoms with van der Waals surface area (Å²) in [6.07, 6.45) is 0.119. The lowest BCUT2D eigenvalue weighted by atomic mass is 10.1. The standard InChI is InChI=1S/C20H18FN3O3/c1-27-17-5-2-13(3-6-17)11-24-12-15(9-19(24)25)20(26)23-16-4-7-18(21)14(8-16)10-22/h2-8,15H,9,11-12H2,1H3,(H,23,26). The Morgan fingerprint density at radius 3 is 2.74 bits per heavy atom. The fourth-order valence-electron chi connectivity index (χ4n) is 2.98. The van der Waals surface area contributed by atoms with E-state index in [4.69, 9.17) is 10.00 Å². The van der Waals surface area contributed by atoms with Crippen molar-refractivity contribution in [2.24, 2.45) is 5.92 Å². The maximum absolute atomic E-state index is 13.4. The van der Waals surface area contributed by atoms with Crippen LogP contribution in [0.15, 0.2) is 42.5 Å². The molecule has 138 valence electrons. The second kappa shape index (κ2) is 7.87. The molecular formula is C20H18FN3O3. The van der Waals surface area contributed by atoms with Gasteiger partial charge in [0.25, 0.3) is 0 Å². The molecule has 1 N–H and O–H groups in total. The topological polar surface area (TPSA) is 82.4 Å². The smallest absolute Gasteiger partial charge is 0.229 e. The minimum atomic E-state index is -0.641. The number of methoxy groups -OCH3 is 1. The molecule has 1 fully saturated rings. The van der Waals surface area contributed by atoms with Crippen LogP contribution in [-0.4, -0.2) is 30.4 Å². The van der Waals surface area contributed by atoms with Gasteiger partial charge >= 0.3 is 0 Å². The van der Waals surface area contributed by atoms with E-state index < -0.39 is 11.7 Å². The van der Waals surface area contributed by atoms with Crippen molar-refractivity contribution in [3.63, 3.8) is 0 Å². The number of nitrogens with one attached hydrogen (secondary N) is 1. The predicted molar refractivity (Wildman–Crippen MR) is 96.3 cm³/mol. The summed E-state index contributed by atoms with van der Waals surface area (Å²) >= 11 is 0. The highest BCUT2D eigenvalue weighted by Gasteiger charge is 2.34. The number of nitrogens with zero attached hydrogens (tertiary/aromatic N) is 2. The molecule has 0 saturated carbocycles. The Bertz CT molecular complexity index is 906. The van der Waals surface area contributed by atoms with Gasteiger partial charge in [-0.15, -0.1) is 0 Å². The molecule has 1 atom stereocenters. The van der Waals surface area contributed by atoms with E-state index in [9.17, 15) is 14.0 Å². The summed E-state index contributed by atoms with van der Waals surface area (Å²) in [7, 11) is 1.59. The normalized spacial score (nSPS) is 16.1. The van der Waals surface area contributed by atoms with Gasteiger partial charge in [0.1, 0.15) is 17.6 Å². The van der Waals surface area contributed by atoms with Crippen molar-refractivity contribution in [2.75, 3.05) is 19.0 Å². The zero-order chi connectivity index (χ0) is 19.4. The number of anilines is 1. The van der Waals surface area contributed by atoms with Gasteiger partial charge in [0, 0.05) is 25.2 Å². The van der Waals surface area contributed by atoms with Crippen LogP contribution < -0.4 is 10.1 Å². The van der Waals surface area contributed by atoms with Crippen molar-refractivity contribution >= 4 is 17.5 Å². The van der Waals surface area contributed by atoms with Crippen molar-refractivity contribution < 1.29 is 18.7 Å². The van der Waals surface area contributed by atoms with Gasteiger partial charge in [-0.2, -0.15) is 5.26 Å². The molecule has 6 nitrogen and oxygen atoms in total. The molecule has 2 aromatic rings. The first kappa shape index (κ1) is 18.4. The Balaban J connectivity index is 1.62. The maximum atomic E-state index is 13.4. The lowest BCUT2D eigenvalue weighted by Crippen LogP contribution is -2.28. The van der Waals surface area contributed by atoms with E-state index in [-0.39, 0.29) is 23.8 Å². The van der Waals surface area contributed by atoms with Crippen molar-refractivity contribution in [1.29, 1.82) is 5.26 Å². The molecule has 1 saturated heterocycles. The minimum Gasteiger partial charge on any atom is -0.497 e. The van der Waals surface area contributed by atoms with Crippen LogP contribution >= 0.6 is 0 Å². The highest BCUT2D eigenvalue weighted by molar-refractivity contribution is 5.97. The van der Waals surface area contributed by atoms with Crippen LogP contribution in [0.25, 0.3) is 0 Å². The van der Waals surface area contributed by atoms with Gasteiger partial charge in [-0.05, 0) is 35.9 Å². The number of hydrogen-bond donors (Lipinski definition) is 1. The van der Waals surface area contributed by atoms with E-state index in [1.165, 1.54) is 12.1 Å². The van der Waals surface area contributed by atoms with Crippen molar-refractivity contribution in [3.05, 3.63) is 59.4 Å². The number of ether oxygens (including phenoxy) is 1. The third-order valence-corrected chi connectivity index (χ3v) is 4.47. The maximum Gasteiger partial charge on any atom is 0.229 e. The lowest BCUT2D eigenvalue weighted by Gasteiger charge is -2.17. The van der Waals surface area contributed by atoms with Crippen LogP contribution in [0.3, 0.4) is 0 Å². The molecule has 0 bridgehead atoms. The third-order valence-electron chi connectivity index (χ3n) is 4.47. The number of benzene rings is 2. The molecule has 0 spiro atoms. The van der Waals surface area contributed by atoms with E-state index in [1.54, 1.807) is 18.1 Å². The van der Waals surface area contributed by atoms with Crippen molar-refractivity contribution in [2.45, 2.75) is 13.0 Å². The lowest BCUT2D eigenvalue weighted by molar-refractivity contribution is -0.128. The Labute approximate surface area is 156 Å². The molecule has 0 radical (unpaired) electrons. The number of halogens is 1. The first-order valence-electron chi connectivity index (χ1n) is 8.41. The van der Waals surface area contributed by atoms with Gasteiger partial charge in [0.15, 0.2) is 0 Å². The molecule has 1 aliphatic heterocycles. The number of carbonyl (C=O) groups excluding carboxylic acids is 2. The molecule has 7 heteroatoms. The number of hydrogen-bond acceptors (Lipinski definition) is 4. The molecule has 1 aliphatic rings. The number of nitriles is 1. The SMILES string of the molecule is COc1ccc(CN2CC(C(=O)Nc3ccc(F)c(C#N)c3)CC2=O)cc1. The molecule has 0 aromatic heterocycles. The van der Waals surface area contributed by atoms with Gasteiger partial charge in [0.05, 0.1) is 18.6 Å². The molecule has 0 aliphatic carbocycles. The van der Waals surface area contributed by atoms with Gasteiger partial charge in [-0.25, -0.2) is 4.39 Å². The Kier molecular flexibility index (Phi) is 5.36. The third kappa shape index (κ3) is 4.23. The van der Waals surface area contributed by atoms with Crippen molar-refractivity contribution in [1.82, 2.24) is 4.90 Å². The molecular weight excluding hydrogens is 349 g/mol. The van der Waals surface area contributed by atoms with Crippen LogP contribution in [0.5, 0.6) is 5.75 Å². The summed E-state index contributed by atoms with van der Waals surface area (Å²) in [5, 5.41) is 11.5. The quantitative estimate of drug-likeness (QED) is 0.881. The van der Waals surface area contributed by atoms with E-state index in [1.807, 2.05) is 24.3 Å². The number of amides is 2. The van der Waals surface area contributed by atoms with Crippen LogP contribution in [0.2, 0.25) is 0 Å². The highest BCUT2D eigenvalue weighted by Crippen LogP contribution is 2.23. The second-order valence-corrected chi connectivity index (χ2v) is 6.32. The average molecular weight is 367 g/mol. The summed E-state index contributed by atoms with van der Waals surface area (Å²) in [6, 6.07) is 12.9. The van der Waals surface area contributed by atoms with Crippen LogP contribution in [0, 0.1) is 23.1 Å². The number of rotatable bonds is 5. The summed E-state index contributed by atoms with van der Waals surface area (Å²) < 4.78 is 18.5. The summed E-state index contributed by atoms with van der Waals surface area (Å²) in [6.45, 7) is 0.727. The Morgan fingerprint density at radius 2 is 2.07 bits per heavy atom.